The first-order valence-electron chi connectivity index (χ1n) is 8.87. The van der Waals surface area contributed by atoms with Crippen LogP contribution in [-0.4, -0.2) is 33.1 Å². The van der Waals surface area contributed by atoms with Crippen LogP contribution in [0.3, 0.4) is 0 Å². The molecule has 0 aliphatic carbocycles. The zero-order valence-corrected chi connectivity index (χ0v) is 16.5. The van der Waals surface area contributed by atoms with E-state index in [4.69, 9.17) is 16.3 Å². The fraction of sp³-hybridized carbons (Fsp3) is 0.474. The number of benzene rings is 1. The van der Waals surface area contributed by atoms with Gasteiger partial charge in [-0.25, -0.2) is 9.78 Å². The Hall–Kier alpha value is -2.22. The number of hydrogen-bond acceptors (Lipinski definition) is 3. The minimum atomic E-state index is -4.55. The van der Waals surface area contributed by atoms with E-state index in [9.17, 15) is 18.0 Å². The van der Waals surface area contributed by atoms with Crippen molar-refractivity contribution in [2.45, 2.75) is 51.4 Å². The standard InChI is InChI=1S/C19H21ClF3N3O2/c1-18(2,3)28-17(27)26-8-4-5-15(26)16-24-10-14(25-16)11-6-7-13(20)12(9-11)19(21,22)23/h6-7,9-10,15H,4-5,8H2,1-3H3,(H,24,25)/t15-/m0/s1. The highest BCUT2D eigenvalue weighted by Gasteiger charge is 2.36. The Morgan fingerprint density at radius 2 is 2.04 bits per heavy atom. The van der Waals surface area contributed by atoms with Crippen LogP contribution in [0.1, 0.15) is 51.0 Å². The average molecular weight is 416 g/mol. The van der Waals surface area contributed by atoms with Gasteiger partial charge in [-0.05, 0) is 45.7 Å². The third-order valence-electron chi connectivity index (χ3n) is 4.37. The van der Waals surface area contributed by atoms with Crippen molar-refractivity contribution >= 4 is 17.7 Å². The zero-order valence-electron chi connectivity index (χ0n) is 15.7. The Morgan fingerprint density at radius 3 is 2.68 bits per heavy atom. The van der Waals surface area contributed by atoms with E-state index >= 15 is 0 Å². The van der Waals surface area contributed by atoms with Gasteiger partial charge in [-0.15, -0.1) is 0 Å². The summed E-state index contributed by atoms with van der Waals surface area (Å²) in [4.78, 5) is 21.4. The van der Waals surface area contributed by atoms with Crippen molar-refractivity contribution in [2.75, 3.05) is 6.54 Å². The number of imidazole rings is 1. The molecule has 9 heteroatoms. The third kappa shape index (κ3) is 4.43. The van der Waals surface area contributed by atoms with Gasteiger partial charge in [-0.2, -0.15) is 13.2 Å². The highest BCUT2D eigenvalue weighted by Crippen LogP contribution is 2.38. The summed E-state index contributed by atoms with van der Waals surface area (Å²) in [5.74, 6) is 0.516. The Bertz CT molecular complexity index is 874. The lowest BCUT2D eigenvalue weighted by molar-refractivity contribution is -0.137. The first-order valence-corrected chi connectivity index (χ1v) is 9.25. The maximum Gasteiger partial charge on any atom is 0.417 e. The van der Waals surface area contributed by atoms with Crippen LogP contribution in [0.25, 0.3) is 11.3 Å². The Balaban J connectivity index is 1.85. The molecule has 1 aromatic carbocycles. The van der Waals surface area contributed by atoms with E-state index in [1.54, 1.807) is 25.7 Å². The molecule has 1 aromatic heterocycles. The number of aromatic amines is 1. The number of nitrogens with zero attached hydrogens (tertiary/aromatic N) is 2. The molecule has 0 spiro atoms. The molecule has 1 aliphatic heterocycles. The van der Waals surface area contributed by atoms with Gasteiger partial charge in [0.2, 0.25) is 0 Å². The molecule has 5 nitrogen and oxygen atoms in total. The minimum absolute atomic E-state index is 0.307. The molecule has 0 bridgehead atoms. The second kappa shape index (κ2) is 7.31. The molecule has 28 heavy (non-hydrogen) atoms. The van der Waals surface area contributed by atoms with Crippen molar-refractivity contribution in [1.82, 2.24) is 14.9 Å². The average Bonchev–Trinajstić information content (AvgIpc) is 3.21. The van der Waals surface area contributed by atoms with Crippen molar-refractivity contribution < 1.29 is 22.7 Å². The van der Waals surface area contributed by atoms with E-state index in [-0.39, 0.29) is 11.1 Å². The topological polar surface area (TPSA) is 58.2 Å². The van der Waals surface area contributed by atoms with E-state index in [0.717, 1.165) is 12.5 Å². The molecule has 1 amide bonds. The molecular weight excluding hydrogens is 395 g/mol. The number of rotatable bonds is 2. The molecule has 0 unspecified atom stereocenters. The predicted molar refractivity (Wildman–Crippen MR) is 99.0 cm³/mol. The molecule has 1 atom stereocenters. The van der Waals surface area contributed by atoms with Crippen molar-refractivity contribution in [2.24, 2.45) is 0 Å². The first kappa shape index (κ1) is 20.5. The lowest BCUT2D eigenvalue weighted by atomic mass is 10.1. The van der Waals surface area contributed by atoms with Crippen molar-refractivity contribution in [3.8, 4) is 11.3 Å². The van der Waals surface area contributed by atoms with Crippen LogP contribution >= 0.6 is 11.6 Å². The Labute approximate surface area is 165 Å². The van der Waals surface area contributed by atoms with Crippen LogP contribution in [-0.2, 0) is 10.9 Å². The van der Waals surface area contributed by atoms with Crippen LogP contribution in [0.2, 0.25) is 5.02 Å². The number of amides is 1. The smallest absolute Gasteiger partial charge is 0.417 e. The Kier molecular flexibility index (Phi) is 5.36. The molecule has 2 aromatic rings. The highest BCUT2D eigenvalue weighted by atomic mass is 35.5. The number of carbonyl (C=O) groups excluding carboxylic acids is 1. The first-order chi connectivity index (χ1) is 13.0. The van der Waals surface area contributed by atoms with Gasteiger partial charge in [0.15, 0.2) is 0 Å². The van der Waals surface area contributed by atoms with Crippen LogP contribution < -0.4 is 0 Å². The molecule has 152 valence electrons. The summed E-state index contributed by atoms with van der Waals surface area (Å²) in [6, 6.07) is 3.38. The van der Waals surface area contributed by atoms with Gasteiger partial charge in [0.25, 0.3) is 0 Å². The number of ether oxygens (including phenoxy) is 1. The number of aromatic nitrogens is 2. The molecule has 1 N–H and O–H groups in total. The number of likely N-dealkylation sites (tertiary alicyclic amines) is 1. The number of H-pyrrole nitrogens is 1. The molecular formula is C19H21ClF3N3O2. The normalized spacial score (nSPS) is 17.8. The van der Waals surface area contributed by atoms with Gasteiger partial charge in [-0.3, -0.25) is 4.90 Å². The van der Waals surface area contributed by atoms with E-state index in [2.05, 4.69) is 9.97 Å². The summed E-state index contributed by atoms with van der Waals surface area (Å²) in [5, 5.41) is -0.358. The Morgan fingerprint density at radius 1 is 1.32 bits per heavy atom. The van der Waals surface area contributed by atoms with Gasteiger partial charge >= 0.3 is 12.3 Å². The third-order valence-corrected chi connectivity index (χ3v) is 4.70. The summed E-state index contributed by atoms with van der Waals surface area (Å²) in [7, 11) is 0. The zero-order chi connectivity index (χ0) is 20.7. The lowest BCUT2D eigenvalue weighted by Crippen LogP contribution is -2.36. The second-order valence-corrected chi connectivity index (χ2v) is 8.11. The van der Waals surface area contributed by atoms with Crippen molar-refractivity contribution in [3.63, 3.8) is 0 Å². The van der Waals surface area contributed by atoms with Gasteiger partial charge < -0.3 is 9.72 Å². The summed E-state index contributed by atoms with van der Waals surface area (Å²) >= 11 is 5.68. The largest absolute Gasteiger partial charge is 0.444 e. The van der Waals surface area contributed by atoms with Gasteiger partial charge in [0.1, 0.15) is 11.4 Å². The second-order valence-electron chi connectivity index (χ2n) is 7.71. The summed E-state index contributed by atoms with van der Waals surface area (Å²) in [6.07, 6.45) is -2.03. The van der Waals surface area contributed by atoms with Crippen LogP contribution in [0, 0.1) is 0 Å². The van der Waals surface area contributed by atoms with E-state index < -0.39 is 23.4 Å². The number of halogens is 4. The number of hydrogen-bond donors (Lipinski definition) is 1. The van der Waals surface area contributed by atoms with Gasteiger partial charge in [0.05, 0.1) is 28.5 Å². The molecule has 0 saturated carbocycles. The van der Waals surface area contributed by atoms with E-state index in [0.29, 0.717) is 30.0 Å². The molecule has 0 radical (unpaired) electrons. The lowest BCUT2D eigenvalue weighted by Gasteiger charge is -2.27. The molecule has 1 aliphatic rings. The molecule has 1 fully saturated rings. The van der Waals surface area contributed by atoms with Crippen LogP contribution in [0.4, 0.5) is 18.0 Å². The molecule has 1 saturated heterocycles. The fourth-order valence-corrected chi connectivity index (χ4v) is 3.38. The fourth-order valence-electron chi connectivity index (χ4n) is 3.15. The van der Waals surface area contributed by atoms with Crippen molar-refractivity contribution in [1.29, 1.82) is 0 Å². The van der Waals surface area contributed by atoms with Gasteiger partial charge in [0, 0.05) is 12.1 Å². The maximum atomic E-state index is 13.1. The summed E-state index contributed by atoms with van der Waals surface area (Å²) in [5.41, 5.74) is -0.778. The van der Waals surface area contributed by atoms with Crippen LogP contribution in [0.15, 0.2) is 24.4 Å². The SMILES string of the molecule is CC(C)(C)OC(=O)N1CCC[C@H]1c1ncc(-c2ccc(Cl)c(C(F)(F)F)c2)[nH]1. The maximum absolute atomic E-state index is 13.1. The number of nitrogens with one attached hydrogen (secondary N) is 1. The summed E-state index contributed by atoms with van der Waals surface area (Å²) in [6.45, 7) is 5.91. The number of carbonyl (C=O) groups is 1. The minimum Gasteiger partial charge on any atom is -0.444 e. The highest BCUT2D eigenvalue weighted by molar-refractivity contribution is 6.31. The number of alkyl halides is 3. The monoisotopic (exact) mass is 415 g/mol. The van der Waals surface area contributed by atoms with E-state index in [1.165, 1.54) is 18.3 Å². The van der Waals surface area contributed by atoms with E-state index in [1.807, 2.05) is 0 Å². The molecule has 2 heterocycles. The molecule has 3 rings (SSSR count). The van der Waals surface area contributed by atoms with Crippen molar-refractivity contribution in [3.05, 3.63) is 40.8 Å². The van der Waals surface area contributed by atoms with Gasteiger partial charge in [-0.1, -0.05) is 17.7 Å². The van der Waals surface area contributed by atoms with Crippen LogP contribution in [0.5, 0.6) is 0 Å². The summed E-state index contributed by atoms with van der Waals surface area (Å²) < 4.78 is 44.7. The predicted octanol–water partition coefficient (Wildman–Crippen LogP) is 5.82. The quantitative estimate of drug-likeness (QED) is 0.672.